The van der Waals surface area contributed by atoms with Crippen LogP contribution in [0.15, 0.2) is 58.6 Å². The molecule has 8 heteroatoms. The summed E-state index contributed by atoms with van der Waals surface area (Å²) in [6, 6.07) is 12.4. The third kappa shape index (κ3) is 4.16. The van der Waals surface area contributed by atoms with Gasteiger partial charge in [-0.1, -0.05) is 24.3 Å². The maximum atomic E-state index is 12.9. The first-order valence-corrected chi connectivity index (χ1v) is 11.1. The molecule has 2 aliphatic heterocycles. The normalized spacial score (nSPS) is 17.9. The Morgan fingerprint density at radius 3 is 2.65 bits per heavy atom. The van der Waals surface area contributed by atoms with Gasteiger partial charge in [0.2, 0.25) is 5.91 Å². The Morgan fingerprint density at radius 1 is 1.19 bits per heavy atom. The fraction of sp³-hybridized carbons (Fsp3) is 0.261. The van der Waals surface area contributed by atoms with Gasteiger partial charge in [-0.05, 0) is 55.0 Å². The van der Waals surface area contributed by atoms with E-state index in [4.69, 9.17) is 4.74 Å². The molecule has 3 amide bonds. The van der Waals surface area contributed by atoms with Crippen molar-refractivity contribution in [2.75, 3.05) is 24.7 Å². The first kappa shape index (κ1) is 21.0. The molecule has 0 bridgehead atoms. The molecule has 2 aromatic rings. The van der Waals surface area contributed by atoms with Crippen molar-refractivity contribution >= 4 is 35.4 Å². The van der Waals surface area contributed by atoms with Crippen molar-refractivity contribution in [2.45, 2.75) is 24.8 Å². The molecule has 2 N–H and O–H groups in total. The number of nitrogens with one attached hydrogen (secondary N) is 2. The first-order chi connectivity index (χ1) is 14.9. The first-order valence-electron chi connectivity index (χ1n) is 9.86. The average Bonchev–Trinajstić information content (AvgIpc) is 3.14. The van der Waals surface area contributed by atoms with Crippen LogP contribution in [0.2, 0.25) is 0 Å². The molecule has 2 heterocycles. The molecule has 31 heavy (non-hydrogen) atoms. The molecular formula is C23H23N3O4S. The summed E-state index contributed by atoms with van der Waals surface area (Å²) in [6.45, 7) is 3.60. The summed E-state index contributed by atoms with van der Waals surface area (Å²) in [5.74, 6) is -0.827. The van der Waals surface area contributed by atoms with E-state index in [9.17, 15) is 14.4 Å². The highest BCUT2D eigenvalue weighted by Crippen LogP contribution is 2.35. The number of thioether (sulfide) groups is 1. The van der Waals surface area contributed by atoms with Gasteiger partial charge in [-0.3, -0.25) is 9.69 Å². The zero-order chi connectivity index (χ0) is 22.1. The molecule has 1 unspecified atom stereocenters. The topological polar surface area (TPSA) is 87.7 Å². The molecular weight excluding hydrogens is 414 g/mol. The van der Waals surface area contributed by atoms with Crippen LogP contribution >= 0.6 is 11.8 Å². The lowest BCUT2D eigenvalue weighted by Crippen LogP contribution is -2.49. The van der Waals surface area contributed by atoms with E-state index in [1.54, 1.807) is 11.8 Å². The Morgan fingerprint density at radius 2 is 1.94 bits per heavy atom. The van der Waals surface area contributed by atoms with E-state index in [2.05, 4.69) is 10.6 Å². The van der Waals surface area contributed by atoms with Crippen molar-refractivity contribution in [3.05, 3.63) is 70.4 Å². The summed E-state index contributed by atoms with van der Waals surface area (Å²) in [5, 5.41) is 5.71. The fourth-order valence-electron chi connectivity index (χ4n) is 3.73. The summed E-state index contributed by atoms with van der Waals surface area (Å²) in [5.41, 5.74) is 4.24. The Bertz CT molecular complexity index is 1090. The lowest BCUT2D eigenvalue weighted by molar-refractivity contribution is -0.136. The minimum Gasteiger partial charge on any atom is -0.456 e. The molecule has 0 saturated heterocycles. The number of urea groups is 1. The minimum absolute atomic E-state index is 0.0300. The third-order valence-electron chi connectivity index (χ3n) is 5.42. The van der Waals surface area contributed by atoms with E-state index in [1.165, 1.54) is 4.90 Å². The van der Waals surface area contributed by atoms with Gasteiger partial charge < -0.3 is 15.4 Å². The van der Waals surface area contributed by atoms with E-state index < -0.39 is 18.0 Å². The average molecular weight is 438 g/mol. The standard InChI is InChI=1S/C23H23N3O4S/c1-13-4-5-14(2)17(10-13)24-19(27)11-26-18-12-30-22(28)20(18)21(25-23(26)29)15-6-8-16(31-3)9-7-15/h4-10,21H,11-12H2,1-3H3,(H,24,27)(H,25,29). The predicted octanol–water partition coefficient (Wildman–Crippen LogP) is 3.54. The van der Waals surface area contributed by atoms with Crippen LogP contribution in [0.3, 0.4) is 0 Å². The predicted molar refractivity (Wildman–Crippen MR) is 119 cm³/mol. The van der Waals surface area contributed by atoms with Gasteiger partial charge in [-0.25, -0.2) is 9.59 Å². The number of amides is 3. The number of carbonyl (C=O) groups is 3. The van der Waals surface area contributed by atoms with Crippen molar-refractivity contribution in [3.63, 3.8) is 0 Å². The zero-order valence-electron chi connectivity index (χ0n) is 17.5. The number of benzene rings is 2. The van der Waals surface area contributed by atoms with E-state index in [0.29, 0.717) is 17.0 Å². The molecule has 4 rings (SSSR count). The molecule has 2 aromatic carbocycles. The van der Waals surface area contributed by atoms with Crippen LogP contribution in [-0.2, 0) is 14.3 Å². The van der Waals surface area contributed by atoms with Gasteiger partial charge >= 0.3 is 12.0 Å². The highest BCUT2D eigenvalue weighted by molar-refractivity contribution is 7.98. The maximum absolute atomic E-state index is 12.9. The van der Waals surface area contributed by atoms with Crippen LogP contribution < -0.4 is 10.6 Å². The molecule has 2 aliphatic rings. The lowest BCUT2D eigenvalue weighted by Gasteiger charge is -2.32. The van der Waals surface area contributed by atoms with Crippen molar-refractivity contribution in [3.8, 4) is 0 Å². The van der Waals surface area contributed by atoms with Crippen LogP contribution in [0.5, 0.6) is 0 Å². The quantitative estimate of drug-likeness (QED) is 0.552. The fourth-order valence-corrected chi connectivity index (χ4v) is 4.14. The second-order valence-electron chi connectivity index (χ2n) is 7.54. The van der Waals surface area contributed by atoms with Gasteiger partial charge in [0, 0.05) is 10.6 Å². The summed E-state index contributed by atoms with van der Waals surface area (Å²) in [7, 11) is 0. The summed E-state index contributed by atoms with van der Waals surface area (Å²) in [4.78, 5) is 40.4. The van der Waals surface area contributed by atoms with E-state index in [1.807, 2.05) is 62.6 Å². The number of cyclic esters (lactones) is 1. The Kier molecular flexibility index (Phi) is 5.73. The van der Waals surface area contributed by atoms with Crippen molar-refractivity contribution in [1.82, 2.24) is 10.2 Å². The molecule has 0 saturated carbocycles. The zero-order valence-corrected chi connectivity index (χ0v) is 18.3. The summed E-state index contributed by atoms with van der Waals surface area (Å²) in [6.07, 6.45) is 1.98. The number of hydrogen-bond donors (Lipinski definition) is 2. The van der Waals surface area contributed by atoms with E-state index >= 15 is 0 Å². The van der Waals surface area contributed by atoms with E-state index in [0.717, 1.165) is 21.6 Å². The van der Waals surface area contributed by atoms with Gasteiger partial charge in [0.25, 0.3) is 0 Å². The van der Waals surface area contributed by atoms with Crippen molar-refractivity contribution in [2.24, 2.45) is 0 Å². The van der Waals surface area contributed by atoms with Gasteiger partial charge in [0.15, 0.2) is 0 Å². The number of hydrogen-bond acceptors (Lipinski definition) is 5. The number of carbonyl (C=O) groups excluding carboxylic acids is 3. The third-order valence-corrected chi connectivity index (χ3v) is 6.16. The number of ether oxygens (including phenoxy) is 1. The van der Waals surface area contributed by atoms with Crippen LogP contribution in [-0.4, -0.2) is 42.2 Å². The smallest absolute Gasteiger partial charge is 0.338 e. The highest BCUT2D eigenvalue weighted by Gasteiger charge is 2.42. The molecule has 0 spiro atoms. The second kappa shape index (κ2) is 8.47. The SMILES string of the molecule is CSc1ccc(C2NC(=O)N(CC(=O)Nc3cc(C)ccc3C)C3=C2C(=O)OC3)cc1. The molecule has 160 valence electrons. The molecule has 7 nitrogen and oxygen atoms in total. The monoisotopic (exact) mass is 437 g/mol. The Hall–Kier alpha value is -3.26. The minimum atomic E-state index is -0.605. The highest BCUT2D eigenvalue weighted by atomic mass is 32.2. The van der Waals surface area contributed by atoms with Crippen LogP contribution in [0.25, 0.3) is 0 Å². The number of nitrogens with zero attached hydrogens (tertiary/aromatic N) is 1. The van der Waals surface area contributed by atoms with Gasteiger partial charge in [-0.2, -0.15) is 0 Å². The van der Waals surface area contributed by atoms with Crippen LogP contribution in [0.4, 0.5) is 10.5 Å². The van der Waals surface area contributed by atoms with Crippen LogP contribution in [0, 0.1) is 13.8 Å². The Labute approximate surface area is 184 Å². The lowest BCUT2D eigenvalue weighted by atomic mass is 9.96. The number of rotatable bonds is 5. The summed E-state index contributed by atoms with van der Waals surface area (Å²) < 4.78 is 5.23. The van der Waals surface area contributed by atoms with Crippen molar-refractivity contribution < 1.29 is 19.1 Å². The van der Waals surface area contributed by atoms with Crippen LogP contribution in [0.1, 0.15) is 22.7 Å². The van der Waals surface area contributed by atoms with E-state index in [-0.39, 0.29) is 19.1 Å². The van der Waals surface area contributed by atoms with Gasteiger partial charge in [-0.15, -0.1) is 11.8 Å². The number of esters is 1. The number of aryl methyl sites for hydroxylation is 2. The summed E-state index contributed by atoms with van der Waals surface area (Å²) >= 11 is 1.61. The molecule has 1 atom stereocenters. The molecule has 0 fully saturated rings. The molecule has 0 aliphatic carbocycles. The largest absolute Gasteiger partial charge is 0.456 e. The van der Waals surface area contributed by atoms with Gasteiger partial charge in [0.1, 0.15) is 13.2 Å². The van der Waals surface area contributed by atoms with Crippen molar-refractivity contribution in [1.29, 1.82) is 0 Å². The molecule has 0 aromatic heterocycles. The molecule has 0 radical (unpaired) electrons. The second-order valence-corrected chi connectivity index (χ2v) is 8.42. The van der Waals surface area contributed by atoms with Gasteiger partial charge in [0.05, 0.1) is 17.3 Å². The maximum Gasteiger partial charge on any atom is 0.338 e. The number of anilines is 1. The Balaban J connectivity index is 1.59.